The van der Waals surface area contributed by atoms with Crippen molar-refractivity contribution < 1.29 is 14.3 Å². The van der Waals surface area contributed by atoms with E-state index in [4.69, 9.17) is 15.2 Å². The van der Waals surface area contributed by atoms with E-state index in [9.17, 15) is 4.79 Å². The van der Waals surface area contributed by atoms with Gasteiger partial charge in [0, 0.05) is 31.7 Å². The van der Waals surface area contributed by atoms with Crippen LogP contribution < -0.4 is 11.1 Å². The minimum Gasteiger partial charge on any atom is -0.444 e. The van der Waals surface area contributed by atoms with Gasteiger partial charge >= 0.3 is 6.09 Å². The molecule has 3 atom stereocenters. The van der Waals surface area contributed by atoms with Gasteiger partial charge in [0.25, 0.3) is 0 Å². The molecule has 0 radical (unpaired) electrons. The molecule has 130 valence electrons. The number of nitrogens with zero attached hydrogens (tertiary/aromatic N) is 1. The number of carbonyl (C=O) groups is 1. The number of nitrogens with one attached hydrogen (secondary N) is 1. The zero-order valence-electron chi connectivity index (χ0n) is 15.1. The SMILES string of the molecule is CC1CN(C(CN)C(C)NC(=O)OC(C)(C)C)CC(C)(C)O1. The second-order valence-corrected chi connectivity index (χ2v) is 7.86. The standard InChI is InChI=1S/C16H33N3O3/c1-11-9-19(10-16(6,7)21-11)13(8-17)12(2)18-14(20)22-15(3,4)5/h11-13H,8-10,17H2,1-7H3,(H,18,20). The average Bonchev–Trinajstić information content (AvgIpc) is 2.23. The van der Waals surface area contributed by atoms with E-state index in [1.807, 2.05) is 27.7 Å². The number of nitrogens with two attached hydrogens (primary N) is 1. The van der Waals surface area contributed by atoms with E-state index in [1.54, 1.807) is 0 Å². The quantitative estimate of drug-likeness (QED) is 0.826. The third-order valence-corrected chi connectivity index (χ3v) is 3.63. The summed E-state index contributed by atoms with van der Waals surface area (Å²) >= 11 is 0. The van der Waals surface area contributed by atoms with Crippen LogP contribution in [0.2, 0.25) is 0 Å². The first kappa shape index (κ1) is 19.2. The van der Waals surface area contributed by atoms with Gasteiger partial charge in [0.05, 0.1) is 11.7 Å². The number of alkyl carbamates (subject to hydrolysis) is 1. The first-order chi connectivity index (χ1) is 9.93. The molecule has 1 amide bonds. The molecule has 0 aliphatic carbocycles. The first-order valence-electron chi connectivity index (χ1n) is 8.05. The smallest absolute Gasteiger partial charge is 0.407 e. The summed E-state index contributed by atoms with van der Waals surface area (Å²) in [7, 11) is 0. The lowest BCUT2D eigenvalue weighted by Crippen LogP contribution is -2.61. The molecule has 0 aromatic heterocycles. The molecule has 6 nitrogen and oxygen atoms in total. The Kier molecular flexibility index (Phi) is 6.24. The Morgan fingerprint density at radius 3 is 2.55 bits per heavy atom. The summed E-state index contributed by atoms with van der Waals surface area (Å²) in [6, 6.07) is -0.0425. The van der Waals surface area contributed by atoms with Crippen LogP contribution in [0.25, 0.3) is 0 Å². The van der Waals surface area contributed by atoms with Gasteiger partial charge in [-0.1, -0.05) is 0 Å². The van der Waals surface area contributed by atoms with Gasteiger partial charge in [-0.2, -0.15) is 0 Å². The molecule has 22 heavy (non-hydrogen) atoms. The molecule has 1 rings (SSSR count). The second-order valence-electron chi connectivity index (χ2n) is 7.86. The Morgan fingerprint density at radius 2 is 2.09 bits per heavy atom. The number of ether oxygens (including phenoxy) is 2. The van der Waals surface area contributed by atoms with Crippen LogP contribution in [0.4, 0.5) is 4.79 Å². The molecule has 1 saturated heterocycles. The van der Waals surface area contributed by atoms with Gasteiger partial charge in [0.1, 0.15) is 5.60 Å². The summed E-state index contributed by atoms with van der Waals surface area (Å²) in [6.45, 7) is 15.8. The fourth-order valence-electron chi connectivity index (χ4n) is 3.01. The number of carbonyl (C=O) groups excluding carboxylic acids is 1. The van der Waals surface area contributed by atoms with Crippen molar-refractivity contribution in [3.8, 4) is 0 Å². The average molecular weight is 315 g/mol. The minimum absolute atomic E-state index is 0.0538. The van der Waals surface area contributed by atoms with Crippen LogP contribution in [0.5, 0.6) is 0 Å². The van der Waals surface area contributed by atoms with Crippen molar-refractivity contribution in [3.05, 3.63) is 0 Å². The molecule has 0 spiro atoms. The van der Waals surface area contributed by atoms with Crippen molar-refractivity contribution in [1.29, 1.82) is 0 Å². The number of morpholine rings is 1. The highest BCUT2D eigenvalue weighted by Crippen LogP contribution is 2.23. The summed E-state index contributed by atoms with van der Waals surface area (Å²) in [5.41, 5.74) is 5.25. The van der Waals surface area contributed by atoms with Gasteiger partial charge in [-0.05, 0) is 48.5 Å². The Labute approximate surface area is 134 Å². The second kappa shape index (κ2) is 7.15. The summed E-state index contributed by atoms with van der Waals surface area (Å²) < 4.78 is 11.2. The van der Waals surface area contributed by atoms with Crippen LogP contribution in [-0.2, 0) is 9.47 Å². The Morgan fingerprint density at radius 1 is 1.50 bits per heavy atom. The van der Waals surface area contributed by atoms with Gasteiger partial charge in [-0.25, -0.2) is 4.79 Å². The Balaban J connectivity index is 2.68. The molecule has 1 fully saturated rings. The topological polar surface area (TPSA) is 76.8 Å². The molecular weight excluding hydrogens is 282 g/mol. The lowest BCUT2D eigenvalue weighted by Gasteiger charge is -2.46. The van der Waals surface area contributed by atoms with Crippen molar-refractivity contribution >= 4 is 6.09 Å². The molecule has 3 unspecified atom stereocenters. The van der Waals surface area contributed by atoms with Gasteiger partial charge in [-0.15, -0.1) is 0 Å². The van der Waals surface area contributed by atoms with Gasteiger partial charge < -0.3 is 20.5 Å². The molecule has 0 aromatic rings. The molecular formula is C16H33N3O3. The lowest BCUT2D eigenvalue weighted by atomic mass is 10.0. The molecule has 6 heteroatoms. The zero-order chi connectivity index (χ0) is 17.1. The maximum atomic E-state index is 11.9. The van der Waals surface area contributed by atoms with E-state index in [0.29, 0.717) is 6.54 Å². The maximum absolute atomic E-state index is 11.9. The van der Waals surface area contributed by atoms with Gasteiger partial charge in [-0.3, -0.25) is 4.90 Å². The lowest BCUT2D eigenvalue weighted by molar-refractivity contribution is -0.139. The third kappa shape index (κ3) is 6.10. The maximum Gasteiger partial charge on any atom is 0.407 e. The predicted octanol–water partition coefficient (Wildman–Crippen LogP) is 1.73. The number of hydrogen-bond acceptors (Lipinski definition) is 5. The molecule has 1 aliphatic heterocycles. The first-order valence-corrected chi connectivity index (χ1v) is 8.05. The highest BCUT2D eigenvalue weighted by molar-refractivity contribution is 5.68. The monoisotopic (exact) mass is 315 g/mol. The van der Waals surface area contributed by atoms with Crippen LogP contribution in [-0.4, -0.2) is 60.0 Å². The van der Waals surface area contributed by atoms with Gasteiger partial charge in [0.2, 0.25) is 0 Å². The molecule has 3 N–H and O–H groups in total. The summed E-state index contributed by atoms with van der Waals surface area (Å²) in [6.07, 6.45) is -0.259. The van der Waals surface area contributed by atoms with Crippen molar-refractivity contribution in [2.45, 2.75) is 77.9 Å². The van der Waals surface area contributed by atoms with Crippen molar-refractivity contribution in [2.24, 2.45) is 5.73 Å². The zero-order valence-corrected chi connectivity index (χ0v) is 15.1. The van der Waals surface area contributed by atoms with Crippen molar-refractivity contribution in [3.63, 3.8) is 0 Å². The molecule has 1 aliphatic rings. The van der Waals surface area contributed by atoms with E-state index in [1.165, 1.54) is 0 Å². The van der Waals surface area contributed by atoms with Crippen LogP contribution in [0, 0.1) is 0 Å². The summed E-state index contributed by atoms with van der Waals surface area (Å²) in [4.78, 5) is 14.2. The fraction of sp³-hybridized carbons (Fsp3) is 0.938. The molecule has 0 saturated carbocycles. The van der Waals surface area contributed by atoms with Crippen LogP contribution in [0.15, 0.2) is 0 Å². The minimum atomic E-state index is -0.502. The number of hydrogen-bond donors (Lipinski definition) is 2. The predicted molar refractivity (Wildman–Crippen MR) is 87.9 cm³/mol. The molecule has 1 heterocycles. The molecule has 0 aromatic carbocycles. The van der Waals surface area contributed by atoms with Crippen LogP contribution in [0.3, 0.4) is 0 Å². The largest absolute Gasteiger partial charge is 0.444 e. The van der Waals surface area contributed by atoms with E-state index in [0.717, 1.165) is 13.1 Å². The number of rotatable bonds is 4. The van der Waals surface area contributed by atoms with E-state index in [2.05, 4.69) is 31.0 Å². The Bertz CT molecular complexity index is 379. The van der Waals surface area contributed by atoms with Crippen LogP contribution in [0.1, 0.15) is 48.5 Å². The molecule has 0 bridgehead atoms. The van der Waals surface area contributed by atoms with Gasteiger partial charge in [0.15, 0.2) is 0 Å². The normalized spacial score (nSPS) is 25.4. The van der Waals surface area contributed by atoms with E-state index >= 15 is 0 Å². The van der Waals surface area contributed by atoms with Crippen molar-refractivity contribution in [1.82, 2.24) is 10.2 Å². The fourth-order valence-corrected chi connectivity index (χ4v) is 3.01. The Hall–Kier alpha value is -0.850. The van der Waals surface area contributed by atoms with Crippen LogP contribution >= 0.6 is 0 Å². The summed E-state index contributed by atoms with van der Waals surface area (Å²) in [5.74, 6) is 0. The van der Waals surface area contributed by atoms with E-state index < -0.39 is 11.7 Å². The van der Waals surface area contributed by atoms with E-state index in [-0.39, 0.29) is 23.8 Å². The highest BCUT2D eigenvalue weighted by atomic mass is 16.6. The summed E-state index contributed by atoms with van der Waals surface area (Å²) in [5, 5.41) is 2.90. The highest BCUT2D eigenvalue weighted by Gasteiger charge is 2.36. The van der Waals surface area contributed by atoms with Crippen molar-refractivity contribution in [2.75, 3.05) is 19.6 Å². The third-order valence-electron chi connectivity index (χ3n) is 3.63. The number of amides is 1.